The van der Waals surface area contributed by atoms with Crippen LogP contribution in [-0.4, -0.2) is 43.3 Å². The van der Waals surface area contributed by atoms with E-state index < -0.39 is 0 Å². The number of methoxy groups -OCH3 is 1. The molecule has 25 heavy (non-hydrogen) atoms. The zero-order valence-corrected chi connectivity index (χ0v) is 14.0. The quantitative estimate of drug-likeness (QED) is 0.496. The van der Waals surface area contributed by atoms with Gasteiger partial charge >= 0.3 is 0 Å². The van der Waals surface area contributed by atoms with Crippen LogP contribution in [-0.2, 0) is 4.79 Å². The molecule has 2 amide bonds. The number of ether oxygens (including phenoxy) is 2. The van der Waals surface area contributed by atoms with Gasteiger partial charge in [-0.1, -0.05) is 0 Å². The largest absolute Gasteiger partial charge is 0.493 e. The number of benzene rings is 1. The van der Waals surface area contributed by atoms with Crippen molar-refractivity contribution in [3.8, 4) is 11.5 Å². The van der Waals surface area contributed by atoms with Crippen LogP contribution >= 0.6 is 0 Å². The number of nitrogens with one attached hydrogen (secondary N) is 3. The van der Waals surface area contributed by atoms with Crippen LogP contribution in [0.2, 0.25) is 0 Å². The van der Waals surface area contributed by atoms with Crippen molar-refractivity contribution in [3.05, 3.63) is 47.8 Å². The van der Waals surface area contributed by atoms with Crippen LogP contribution in [0.4, 0.5) is 0 Å². The number of likely N-dealkylation sites (N-methyl/N-ethyl adjacent to an activating group) is 1. The minimum atomic E-state index is -0.338. The Bertz CT molecular complexity index is 741. The van der Waals surface area contributed by atoms with E-state index in [0.717, 1.165) is 0 Å². The highest BCUT2D eigenvalue weighted by Crippen LogP contribution is 2.27. The molecule has 1 heterocycles. The van der Waals surface area contributed by atoms with Gasteiger partial charge in [-0.2, -0.15) is 5.10 Å². The fourth-order valence-electron chi connectivity index (χ4n) is 1.97. The zero-order chi connectivity index (χ0) is 18.1. The highest BCUT2D eigenvalue weighted by molar-refractivity contribution is 5.93. The third-order valence-electron chi connectivity index (χ3n) is 3.14. The van der Waals surface area contributed by atoms with E-state index in [-0.39, 0.29) is 18.4 Å². The van der Waals surface area contributed by atoms with E-state index in [1.54, 1.807) is 36.5 Å². The number of hydrazone groups is 1. The van der Waals surface area contributed by atoms with E-state index in [1.165, 1.54) is 13.3 Å². The summed E-state index contributed by atoms with van der Waals surface area (Å²) in [5.41, 5.74) is 3.54. The van der Waals surface area contributed by atoms with Crippen molar-refractivity contribution in [2.24, 2.45) is 5.10 Å². The van der Waals surface area contributed by atoms with Crippen LogP contribution < -0.4 is 20.2 Å². The van der Waals surface area contributed by atoms with Crippen molar-refractivity contribution in [3.63, 3.8) is 0 Å². The molecule has 1 aromatic carbocycles. The van der Waals surface area contributed by atoms with Gasteiger partial charge in [-0.05, 0) is 42.8 Å². The fourth-order valence-corrected chi connectivity index (χ4v) is 1.97. The van der Waals surface area contributed by atoms with E-state index >= 15 is 0 Å². The molecule has 8 nitrogen and oxygen atoms in total. The second-order valence-electron chi connectivity index (χ2n) is 4.94. The van der Waals surface area contributed by atoms with Gasteiger partial charge in [0.25, 0.3) is 11.8 Å². The summed E-state index contributed by atoms with van der Waals surface area (Å²) in [7, 11) is 1.50. The van der Waals surface area contributed by atoms with E-state index in [1.807, 2.05) is 6.92 Å². The summed E-state index contributed by atoms with van der Waals surface area (Å²) in [5, 5.41) is 6.54. The van der Waals surface area contributed by atoms with Crippen LogP contribution in [0.25, 0.3) is 0 Å². The zero-order valence-electron chi connectivity index (χ0n) is 14.0. The molecule has 2 rings (SSSR count). The number of amides is 2. The topological polar surface area (TPSA) is 105 Å². The Morgan fingerprint density at radius 3 is 2.80 bits per heavy atom. The maximum absolute atomic E-state index is 11.7. The minimum Gasteiger partial charge on any atom is -0.493 e. The van der Waals surface area contributed by atoms with Gasteiger partial charge in [-0.25, -0.2) is 5.43 Å². The van der Waals surface area contributed by atoms with Gasteiger partial charge in [0, 0.05) is 12.7 Å². The molecule has 0 saturated heterocycles. The molecule has 8 heteroatoms. The standard InChI is InChI=1S/C17H20N4O4/c1-3-18-16(22)11-25-14-7-6-12(9-15(14)24-2)10-20-21-17(23)13-5-4-8-19-13/h4-10,19H,3,11H2,1-2H3,(H,18,22)(H,21,23)/b20-10-. The number of aromatic nitrogens is 1. The highest BCUT2D eigenvalue weighted by Gasteiger charge is 2.08. The molecule has 0 aliphatic heterocycles. The number of hydrogen-bond acceptors (Lipinski definition) is 5. The van der Waals surface area contributed by atoms with E-state index in [4.69, 9.17) is 9.47 Å². The number of aromatic amines is 1. The van der Waals surface area contributed by atoms with Crippen molar-refractivity contribution in [2.45, 2.75) is 6.92 Å². The predicted molar refractivity (Wildman–Crippen MR) is 93.0 cm³/mol. The second kappa shape index (κ2) is 9.11. The Balaban J connectivity index is 1.96. The molecule has 0 atom stereocenters. The number of rotatable bonds is 8. The summed E-state index contributed by atoms with van der Waals surface area (Å²) in [4.78, 5) is 26.0. The normalized spacial score (nSPS) is 10.5. The summed E-state index contributed by atoms with van der Waals surface area (Å²) in [6.45, 7) is 2.29. The maximum atomic E-state index is 11.7. The van der Waals surface area contributed by atoms with Crippen molar-refractivity contribution in [2.75, 3.05) is 20.3 Å². The molecule has 0 fully saturated rings. The van der Waals surface area contributed by atoms with Gasteiger partial charge in [0.1, 0.15) is 5.69 Å². The third-order valence-corrected chi connectivity index (χ3v) is 3.14. The molecule has 0 bridgehead atoms. The average molecular weight is 344 g/mol. The lowest BCUT2D eigenvalue weighted by Crippen LogP contribution is -2.28. The number of carbonyl (C=O) groups excluding carboxylic acids is 2. The van der Waals surface area contributed by atoms with Crippen LogP contribution in [0, 0.1) is 0 Å². The summed E-state index contributed by atoms with van der Waals surface area (Å²) in [5.74, 6) is 0.364. The van der Waals surface area contributed by atoms with Crippen LogP contribution in [0.1, 0.15) is 23.0 Å². The van der Waals surface area contributed by atoms with Crippen LogP contribution in [0.3, 0.4) is 0 Å². The summed E-state index contributed by atoms with van der Waals surface area (Å²) in [6, 6.07) is 8.47. The smallest absolute Gasteiger partial charge is 0.287 e. The summed E-state index contributed by atoms with van der Waals surface area (Å²) >= 11 is 0. The first-order valence-corrected chi connectivity index (χ1v) is 7.68. The molecule has 0 aliphatic rings. The van der Waals surface area contributed by atoms with Crippen molar-refractivity contribution in [1.82, 2.24) is 15.7 Å². The SMILES string of the molecule is CCNC(=O)COc1ccc(/C=N\NC(=O)c2ccc[nH]2)cc1OC. The molecular weight excluding hydrogens is 324 g/mol. The van der Waals surface area contributed by atoms with Gasteiger partial charge in [0.15, 0.2) is 18.1 Å². The third kappa shape index (κ3) is 5.38. The van der Waals surface area contributed by atoms with Gasteiger partial charge in [-0.15, -0.1) is 0 Å². The van der Waals surface area contributed by atoms with Crippen molar-refractivity contribution >= 4 is 18.0 Å². The van der Waals surface area contributed by atoms with Gasteiger partial charge in [0.05, 0.1) is 13.3 Å². The number of nitrogens with zero attached hydrogens (tertiary/aromatic N) is 1. The van der Waals surface area contributed by atoms with E-state index in [9.17, 15) is 9.59 Å². The Morgan fingerprint density at radius 1 is 1.28 bits per heavy atom. The lowest BCUT2D eigenvalue weighted by molar-refractivity contribution is -0.123. The van der Waals surface area contributed by atoms with Crippen molar-refractivity contribution in [1.29, 1.82) is 0 Å². The molecule has 1 aromatic heterocycles. The first kappa shape index (κ1) is 18.1. The number of H-pyrrole nitrogens is 1. The number of hydrogen-bond donors (Lipinski definition) is 3. The Hall–Kier alpha value is -3.29. The van der Waals surface area contributed by atoms with Crippen LogP contribution in [0.15, 0.2) is 41.6 Å². The Labute approximate surface area is 145 Å². The fraction of sp³-hybridized carbons (Fsp3) is 0.235. The molecule has 0 spiro atoms. The molecule has 3 N–H and O–H groups in total. The first-order chi connectivity index (χ1) is 12.1. The average Bonchev–Trinajstić information content (AvgIpc) is 3.15. The maximum Gasteiger partial charge on any atom is 0.287 e. The predicted octanol–water partition coefficient (Wildman–Crippen LogP) is 1.30. The second-order valence-corrected chi connectivity index (χ2v) is 4.94. The Morgan fingerprint density at radius 2 is 2.12 bits per heavy atom. The van der Waals surface area contributed by atoms with E-state index in [2.05, 4.69) is 20.8 Å². The summed E-state index contributed by atoms with van der Waals surface area (Å²) in [6.07, 6.45) is 3.14. The monoisotopic (exact) mass is 344 g/mol. The molecule has 2 aromatic rings. The molecule has 0 unspecified atom stereocenters. The minimum absolute atomic E-state index is 0.0934. The molecule has 0 saturated carbocycles. The highest BCUT2D eigenvalue weighted by atomic mass is 16.5. The van der Waals surface area contributed by atoms with Crippen molar-refractivity contribution < 1.29 is 19.1 Å². The molecule has 0 aliphatic carbocycles. The molecule has 0 radical (unpaired) electrons. The molecule has 132 valence electrons. The lowest BCUT2D eigenvalue weighted by Gasteiger charge is -2.11. The lowest BCUT2D eigenvalue weighted by atomic mass is 10.2. The first-order valence-electron chi connectivity index (χ1n) is 7.68. The Kier molecular flexibility index (Phi) is 6.58. The summed E-state index contributed by atoms with van der Waals surface area (Å²) < 4.78 is 10.7. The van der Waals surface area contributed by atoms with Crippen LogP contribution in [0.5, 0.6) is 11.5 Å². The van der Waals surface area contributed by atoms with Gasteiger partial charge in [0.2, 0.25) is 0 Å². The number of carbonyl (C=O) groups is 2. The van der Waals surface area contributed by atoms with E-state index in [0.29, 0.717) is 29.3 Å². The van der Waals surface area contributed by atoms with Gasteiger partial charge in [-0.3, -0.25) is 9.59 Å². The van der Waals surface area contributed by atoms with Gasteiger partial charge < -0.3 is 19.8 Å². The molecular formula is C17H20N4O4.